The van der Waals surface area contributed by atoms with Crippen LogP contribution in [0, 0.1) is 0 Å². The summed E-state index contributed by atoms with van der Waals surface area (Å²) in [5.41, 5.74) is 7.29. The molecule has 94 valence electrons. The quantitative estimate of drug-likeness (QED) is 0.819. The minimum Gasteiger partial charge on any atom is -0.327 e. The van der Waals surface area contributed by atoms with Gasteiger partial charge in [0.1, 0.15) is 5.69 Å². The lowest BCUT2D eigenvalue weighted by atomic mass is 10.1. The monoisotopic (exact) mass is 243 g/mol. The van der Waals surface area contributed by atoms with Crippen molar-refractivity contribution >= 4 is 5.78 Å². The number of hydrogen-bond acceptors (Lipinski definition) is 3. The molecule has 1 atom stereocenters. The van der Waals surface area contributed by atoms with Crippen molar-refractivity contribution in [3.63, 3.8) is 0 Å². The van der Waals surface area contributed by atoms with Crippen molar-refractivity contribution in [1.82, 2.24) is 9.78 Å². The maximum absolute atomic E-state index is 12.1. The first kappa shape index (κ1) is 12.5. The molecule has 0 aliphatic rings. The van der Waals surface area contributed by atoms with E-state index in [1.807, 2.05) is 37.3 Å². The van der Waals surface area contributed by atoms with Gasteiger partial charge in [0.25, 0.3) is 0 Å². The molecular weight excluding hydrogens is 226 g/mol. The molecule has 4 heteroatoms. The van der Waals surface area contributed by atoms with E-state index in [0.29, 0.717) is 12.1 Å². The predicted octanol–water partition coefficient (Wildman–Crippen LogP) is 2.18. The van der Waals surface area contributed by atoms with Gasteiger partial charge in [0.15, 0.2) is 5.78 Å². The third kappa shape index (κ3) is 2.65. The number of aromatic nitrogens is 2. The van der Waals surface area contributed by atoms with Gasteiger partial charge in [-0.3, -0.25) is 4.79 Å². The second-order valence-electron chi connectivity index (χ2n) is 4.26. The predicted molar refractivity (Wildman–Crippen MR) is 70.8 cm³/mol. The van der Waals surface area contributed by atoms with Crippen LogP contribution in [0.3, 0.4) is 0 Å². The van der Waals surface area contributed by atoms with Crippen molar-refractivity contribution in [3.05, 3.63) is 48.3 Å². The number of Topliss-reactive ketones (excluding diaryl/α,β-unsaturated/α-hetero) is 1. The average Bonchev–Trinajstić information content (AvgIpc) is 2.88. The molecule has 1 heterocycles. The Morgan fingerprint density at radius 3 is 2.72 bits per heavy atom. The van der Waals surface area contributed by atoms with Crippen molar-refractivity contribution < 1.29 is 4.79 Å². The van der Waals surface area contributed by atoms with Crippen molar-refractivity contribution in [3.8, 4) is 5.69 Å². The van der Waals surface area contributed by atoms with Crippen LogP contribution in [0.15, 0.2) is 42.6 Å². The summed E-state index contributed by atoms with van der Waals surface area (Å²) in [5, 5.41) is 4.20. The van der Waals surface area contributed by atoms with Gasteiger partial charge in [-0.2, -0.15) is 5.10 Å². The third-order valence-corrected chi connectivity index (χ3v) is 2.90. The smallest absolute Gasteiger partial charge is 0.182 e. The molecule has 0 amide bonds. The Labute approximate surface area is 106 Å². The van der Waals surface area contributed by atoms with Crippen molar-refractivity contribution in [2.45, 2.75) is 25.8 Å². The summed E-state index contributed by atoms with van der Waals surface area (Å²) in [4.78, 5) is 12.1. The Kier molecular flexibility index (Phi) is 3.89. The van der Waals surface area contributed by atoms with Crippen LogP contribution >= 0.6 is 0 Å². The SMILES string of the molecule is CCC(N)CC(=O)c1ccnn1-c1ccccc1. The number of hydrogen-bond donors (Lipinski definition) is 1. The van der Waals surface area contributed by atoms with Gasteiger partial charge in [0.05, 0.1) is 11.9 Å². The molecular formula is C14H17N3O. The zero-order chi connectivity index (χ0) is 13.0. The Bertz CT molecular complexity index is 519. The number of carbonyl (C=O) groups is 1. The van der Waals surface area contributed by atoms with E-state index < -0.39 is 0 Å². The van der Waals surface area contributed by atoms with Gasteiger partial charge in [-0.1, -0.05) is 25.1 Å². The summed E-state index contributed by atoms with van der Waals surface area (Å²) in [6.07, 6.45) is 2.79. The highest BCUT2D eigenvalue weighted by Crippen LogP contribution is 2.12. The second kappa shape index (κ2) is 5.60. The molecule has 2 aromatic rings. The third-order valence-electron chi connectivity index (χ3n) is 2.90. The van der Waals surface area contributed by atoms with Gasteiger partial charge in [0, 0.05) is 12.5 Å². The van der Waals surface area contributed by atoms with Gasteiger partial charge in [-0.25, -0.2) is 4.68 Å². The molecule has 1 aromatic carbocycles. The van der Waals surface area contributed by atoms with E-state index in [1.165, 1.54) is 0 Å². The van der Waals surface area contributed by atoms with Crippen LogP contribution in [-0.4, -0.2) is 21.6 Å². The normalized spacial score (nSPS) is 12.3. The summed E-state index contributed by atoms with van der Waals surface area (Å²) in [6, 6.07) is 11.3. The minimum absolute atomic E-state index is 0.0331. The summed E-state index contributed by atoms with van der Waals surface area (Å²) >= 11 is 0. The number of carbonyl (C=O) groups excluding carboxylic acids is 1. The Hall–Kier alpha value is -1.94. The van der Waals surface area contributed by atoms with Crippen LogP contribution in [0.4, 0.5) is 0 Å². The zero-order valence-electron chi connectivity index (χ0n) is 10.4. The molecule has 0 saturated carbocycles. The standard InChI is InChI=1S/C14H17N3O/c1-2-11(15)10-14(18)13-8-9-16-17(13)12-6-4-3-5-7-12/h3-9,11H,2,10,15H2,1H3. The van der Waals surface area contributed by atoms with Crippen LogP contribution < -0.4 is 5.73 Å². The molecule has 0 fully saturated rings. The first-order chi connectivity index (χ1) is 8.72. The van der Waals surface area contributed by atoms with E-state index in [0.717, 1.165) is 12.1 Å². The average molecular weight is 243 g/mol. The van der Waals surface area contributed by atoms with Gasteiger partial charge in [0.2, 0.25) is 0 Å². The first-order valence-electron chi connectivity index (χ1n) is 6.10. The maximum atomic E-state index is 12.1. The molecule has 1 aromatic heterocycles. The summed E-state index contributed by atoms with van der Waals surface area (Å²) in [7, 11) is 0. The summed E-state index contributed by atoms with van der Waals surface area (Å²) in [6.45, 7) is 1.98. The van der Waals surface area contributed by atoms with Gasteiger partial charge in [-0.15, -0.1) is 0 Å². The number of rotatable bonds is 5. The zero-order valence-corrected chi connectivity index (χ0v) is 10.4. The number of benzene rings is 1. The van der Waals surface area contributed by atoms with E-state index in [9.17, 15) is 4.79 Å². The number of para-hydroxylation sites is 1. The topological polar surface area (TPSA) is 60.9 Å². The highest BCUT2D eigenvalue weighted by Gasteiger charge is 2.15. The number of nitrogens with zero attached hydrogens (tertiary/aromatic N) is 2. The fourth-order valence-corrected chi connectivity index (χ4v) is 1.78. The highest BCUT2D eigenvalue weighted by molar-refractivity contribution is 5.95. The van der Waals surface area contributed by atoms with E-state index in [2.05, 4.69) is 5.10 Å². The Morgan fingerprint density at radius 1 is 1.33 bits per heavy atom. The van der Waals surface area contributed by atoms with E-state index in [1.54, 1.807) is 16.9 Å². The van der Waals surface area contributed by atoms with Gasteiger partial charge in [-0.05, 0) is 24.6 Å². The molecule has 2 rings (SSSR count). The molecule has 0 aliphatic heterocycles. The van der Waals surface area contributed by atoms with Gasteiger partial charge < -0.3 is 5.73 Å². The van der Waals surface area contributed by atoms with Crippen molar-refractivity contribution in [2.75, 3.05) is 0 Å². The molecule has 4 nitrogen and oxygen atoms in total. The van der Waals surface area contributed by atoms with Crippen LogP contribution in [-0.2, 0) is 0 Å². The molecule has 1 unspecified atom stereocenters. The fourth-order valence-electron chi connectivity index (χ4n) is 1.78. The molecule has 0 radical (unpaired) electrons. The Morgan fingerprint density at radius 2 is 2.06 bits per heavy atom. The number of ketones is 1. The molecule has 0 spiro atoms. The molecule has 0 saturated heterocycles. The summed E-state index contributed by atoms with van der Waals surface area (Å²) in [5.74, 6) is 0.0331. The van der Waals surface area contributed by atoms with E-state index >= 15 is 0 Å². The van der Waals surface area contributed by atoms with Crippen molar-refractivity contribution in [2.24, 2.45) is 5.73 Å². The first-order valence-corrected chi connectivity index (χ1v) is 6.10. The molecule has 2 N–H and O–H groups in total. The lowest BCUT2D eigenvalue weighted by Crippen LogP contribution is -2.24. The van der Waals surface area contributed by atoms with Crippen LogP contribution in [0.25, 0.3) is 5.69 Å². The highest BCUT2D eigenvalue weighted by atomic mass is 16.1. The molecule has 0 aliphatic carbocycles. The van der Waals surface area contributed by atoms with Crippen LogP contribution in [0.1, 0.15) is 30.3 Å². The van der Waals surface area contributed by atoms with Crippen LogP contribution in [0.2, 0.25) is 0 Å². The largest absolute Gasteiger partial charge is 0.327 e. The lowest BCUT2D eigenvalue weighted by molar-refractivity contribution is 0.0966. The summed E-state index contributed by atoms with van der Waals surface area (Å²) < 4.78 is 1.66. The maximum Gasteiger partial charge on any atom is 0.182 e. The lowest BCUT2D eigenvalue weighted by Gasteiger charge is -2.09. The van der Waals surface area contributed by atoms with E-state index in [4.69, 9.17) is 5.73 Å². The van der Waals surface area contributed by atoms with Crippen molar-refractivity contribution in [1.29, 1.82) is 0 Å². The van der Waals surface area contributed by atoms with Gasteiger partial charge >= 0.3 is 0 Å². The van der Waals surface area contributed by atoms with E-state index in [-0.39, 0.29) is 11.8 Å². The fraction of sp³-hybridized carbons (Fsp3) is 0.286. The minimum atomic E-state index is -0.0865. The Balaban J connectivity index is 2.26. The van der Waals surface area contributed by atoms with Crippen LogP contribution in [0.5, 0.6) is 0 Å². The molecule has 0 bridgehead atoms. The molecule has 18 heavy (non-hydrogen) atoms. The number of nitrogens with two attached hydrogens (primary N) is 1. The second-order valence-corrected chi connectivity index (χ2v) is 4.26.